The minimum atomic E-state index is -0.0508. The average Bonchev–Trinajstić information content (AvgIpc) is 3.38. The number of rotatable bonds is 6. The number of carbonyl (C=O) groups excluding carboxylic acids is 1. The number of likely N-dealkylation sites (tertiary alicyclic amines) is 1. The zero-order valence-electron chi connectivity index (χ0n) is 17.5. The summed E-state index contributed by atoms with van der Waals surface area (Å²) in [5.41, 5.74) is 4.78. The summed E-state index contributed by atoms with van der Waals surface area (Å²) in [7, 11) is 3.56. The lowest BCUT2D eigenvalue weighted by Gasteiger charge is -2.23. The van der Waals surface area contributed by atoms with Gasteiger partial charge in [0.1, 0.15) is 5.75 Å². The van der Waals surface area contributed by atoms with E-state index in [1.165, 1.54) is 16.7 Å². The second kappa shape index (κ2) is 8.87. The van der Waals surface area contributed by atoms with Crippen LogP contribution >= 0.6 is 0 Å². The smallest absolute Gasteiger partial charge is 0.321 e. The van der Waals surface area contributed by atoms with Crippen LogP contribution in [0.5, 0.6) is 5.75 Å². The molecule has 1 saturated heterocycles. The number of anilines is 1. The van der Waals surface area contributed by atoms with Gasteiger partial charge in [-0.1, -0.05) is 36.4 Å². The Labute approximate surface area is 173 Å². The van der Waals surface area contributed by atoms with E-state index in [-0.39, 0.29) is 6.03 Å². The van der Waals surface area contributed by atoms with Crippen molar-refractivity contribution in [1.82, 2.24) is 9.80 Å². The second-order valence-electron chi connectivity index (χ2n) is 8.32. The highest BCUT2D eigenvalue weighted by Crippen LogP contribution is 2.36. The highest BCUT2D eigenvalue weighted by Gasteiger charge is 2.26. The van der Waals surface area contributed by atoms with Crippen LogP contribution in [0, 0.1) is 5.92 Å². The van der Waals surface area contributed by atoms with Crippen LogP contribution in [0.15, 0.2) is 42.5 Å². The largest absolute Gasteiger partial charge is 0.495 e. The maximum Gasteiger partial charge on any atom is 0.321 e. The summed E-state index contributed by atoms with van der Waals surface area (Å²) in [6, 6.07) is 14.6. The Kier molecular flexibility index (Phi) is 6.05. The second-order valence-corrected chi connectivity index (χ2v) is 8.32. The number of hydrogen-bond acceptors (Lipinski definition) is 3. The Morgan fingerprint density at radius 1 is 1.21 bits per heavy atom. The van der Waals surface area contributed by atoms with E-state index >= 15 is 0 Å². The van der Waals surface area contributed by atoms with Crippen LogP contribution in [0.3, 0.4) is 0 Å². The fraction of sp³-hybridized carbons (Fsp3) is 0.458. The molecule has 0 unspecified atom stereocenters. The van der Waals surface area contributed by atoms with E-state index in [0.29, 0.717) is 5.92 Å². The van der Waals surface area contributed by atoms with Crippen molar-refractivity contribution in [2.75, 3.05) is 39.1 Å². The van der Waals surface area contributed by atoms with Crippen LogP contribution in [0.25, 0.3) is 0 Å². The van der Waals surface area contributed by atoms with Gasteiger partial charge in [-0.25, -0.2) is 4.79 Å². The summed E-state index contributed by atoms with van der Waals surface area (Å²) >= 11 is 0. The number of fused-ring (bicyclic) bond motifs is 1. The Balaban J connectivity index is 1.33. The summed E-state index contributed by atoms with van der Waals surface area (Å²) in [5.74, 6) is 1.26. The van der Waals surface area contributed by atoms with Gasteiger partial charge in [-0.15, -0.1) is 0 Å². The molecule has 2 aromatic rings. The van der Waals surface area contributed by atoms with Gasteiger partial charge in [-0.05, 0) is 60.9 Å². The number of urea groups is 1. The molecular formula is C24H31N3O2. The average molecular weight is 394 g/mol. The Morgan fingerprint density at radius 3 is 2.83 bits per heavy atom. The van der Waals surface area contributed by atoms with Crippen molar-refractivity contribution in [2.45, 2.75) is 32.2 Å². The van der Waals surface area contributed by atoms with Gasteiger partial charge >= 0.3 is 6.03 Å². The first kappa shape index (κ1) is 19.8. The molecule has 2 amide bonds. The molecule has 5 heteroatoms. The predicted molar refractivity (Wildman–Crippen MR) is 116 cm³/mol. The van der Waals surface area contributed by atoms with Crippen LogP contribution < -0.4 is 10.1 Å². The quantitative estimate of drug-likeness (QED) is 0.801. The van der Waals surface area contributed by atoms with Crippen molar-refractivity contribution >= 4 is 11.7 Å². The molecule has 1 heterocycles. The summed E-state index contributed by atoms with van der Waals surface area (Å²) in [5, 5.41) is 3.13. The summed E-state index contributed by atoms with van der Waals surface area (Å²) in [6.07, 6.45) is 4.36. The fourth-order valence-electron chi connectivity index (χ4n) is 4.67. The topological polar surface area (TPSA) is 44.8 Å². The van der Waals surface area contributed by atoms with E-state index in [1.54, 1.807) is 7.11 Å². The van der Waals surface area contributed by atoms with Crippen LogP contribution in [0.4, 0.5) is 10.5 Å². The fourth-order valence-corrected chi connectivity index (χ4v) is 4.67. The van der Waals surface area contributed by atoms with Gasteiger partial charge in [0.05, 0.1) is 12.8 Å². The Bertz CT molecular complexity index is 853. The number of nitrogens with zero attached hydrogens (tertiary/aromatic N) is 2. The van der Waals surface area contributed by atoms with Crippen molar-refractivity contribution in [3.05, 3.63) is 59.2 Å². The lowest BCUT2D eigenvalue weighted by Crippen LogP contribution is -2.36. The van der Waals surface area contributed by atoms with Gasteiger partial charge in [0.25, 0.3) is 0 Å². The van der Waals surface area contributed by atoms with E-state index in [9.17, 15) is 4.79 Å². The molecule has 0 radical (unpaired) electrons. The molecule has 1 N–H and O–H groups in total. The molecular weight excluding hydrogens is 362 g/mol. The van der Waals surface area contributed by atoms with Crippen molar-refractivity contribution in [1.29, 1.82) is 0 Å². The van der Waals surface area contributed by atoms with Crippen molar-refractivity contribution < 1.29 is 9.53 Å². The van der Waals surface area contributed by atoms with Gasteiger partial charge in [0, 0.05) is 26.7 Å². The molecule has 1 atom stereocenters. The maximum atomic E-state index is 12.9. The zero-order valence-corrected chi connectivity index (χ0v) is 17.5. The standard InChI is InChI=1S/C24H31N3O2/c1-26(15-19-13-14-27(17-19)16-18-7-4-3-5-8-18)24(28)25-23-21-10-6-9-20(21)11-12-22(23)29-2/h3-5,7-8,11-12,19H,6,9-10,13-17H2,1-2H3,(H,25,28)/t19-/m0/s1. The van der Waals surface area contributed by atoms with E-state index in [1.807, 2.05) is 18.0 Å². The van der Waals surface area contributed by atoms with Gasteiger partial charge < -0.3 is 15.0 Å². The number of nitrogens with one attached hydrogen (secondary N) is 1. The molecule has 4 rings (SSSR count). The molecule has 5 nitrogen and oxygen atoms in total. The number of hydrogen-bond donors (Lipinski definition) is 1. The molecule has 1 fully saturated rings. The zero-order chi connectivity index (χ0) is 20.2. The number of amides is 2. The Hall–Kier alpha value is -2.53. The third-order valence-electron chi connectivity index (χ3n) is 6.19. The Morgan fingerprint density at radius 2 is 2.03 bits per heavy atom. The number of methoxy groups -OCH3 is 1. The number of aryl methyl sites for hydroxylation is 1. The molecule has 2 aromatic carbocycles. The minimum absolute atomic E-state index is 0.0508. The molecule has 154 valence electrons. The summed E-state index contributed by atoms with van der Waals surface area (Å²) < 4.78 is 5.52. The first-order valence-corrected chi connectivity index (χ1v) is 10.6. The molecule has 0 spiro atoms. The van der Waals surface area contributed by atoms with Gasteiger partial charge in [0.15, 0.2) is 0 Å². The van der Waals surface area contributed by atoms with Gasteiger partial charge in [-0.3, -0.25) is 4.90 Å². The molecule has 0 aromatic heterocycles. The summed E-state index contributed by atoms with van der Waals surface area (Å²) in [4.78, 5) is 17.2. The van der Waals surface area contributed by atoms with Gasteiger partial charge in [0.2, 0.25) is 0 Å². The molecule has 0 saturated carbocycles. The van der Waals surface area contributed by atoms with Gasteiger partial charge in [-0.2, -0.15) is 0 Å². The van der Waals surface area contributed by atoms with E-state index in [2.05, 4.69) is 46.6 Å². The number of ether oxygens (including phenoxy) is 1. The highest BCUT2D eigenvalue weighted by atomic mass is 16.5. The van der Waals surface area contributed by atoms with Crippen molar-refractivity contribution in [2.24, 2.45) is 5.92 Å². The SMILES string of the molecule is COc1ccc2c(c1NC(=O)N(C)C[C@@H]1CCN(Cc3ccccc3)C1)CCC2. The van der Waals surface area contributed by atoms with Crippen LogP contribution in [-0.2, 0) is 19.4 Å². The van der Waals surface area contributed by atoms with E-state index < -0.39 is 0 Å². The van der Waals surface area contributed by atoms with Crippen molar-refractivity contribution in [3.63, 3.8) is 0 Å². The number of benzene rings is 2. The summed E-state index contributed by atoms with van der Waals surface area (Å²) in [6.45, 7) is 3.89. The molecule has 2 aliphatic rings. The molecule has 1 aliphatic heterocycles. The monoisotopic (exact) mass is 393 g/mol. The van der Waals surface area contributed by atoms with Crippen LogP contribution in [0.1, 0.15) is 29.5 Å². The normalized spacial score (nSPS) is 18.5. The minimum Gasteiger partial charge on any atom is -0.495 e. The molecule has 1 aliphatic carbocycles. The first-order valence-electron chi connectivity index (χ1n) is 10.6. The molecule has 29 heavy (non-hydrogen) atoms. The predicted octanol–water partition coefficient (Wildman–Crippen LogP) is 4.17. The number of carbonyl (C=O) groups is 1. The van der Waals surface area contributed by atoms with Crippen LogP contribution in [-0.4, -0.2) is 49.6 Å². The van der Waals surface area contributed by atoms with E-state index in [4.69, 9.17) is 4.74 Å². The van der Waals surface area contributed by atoms with Crippen molar-refractivity contribution in [3.8, 4) is 5.75 Å². The van der Waals surface area contributed by atoms with E-state index in [0.717, 1.165) is 63.3 Å². The lowest BCUT2D eigenvalue weighted by molar-refractivity contribution is 0.212. The third-order valence-corrected chi connectivity index (χ3v) is 6.19. The first-order chi connectivity index (χ1) is 14.1. The highest BCUT2D eigenvalue weighted by molar-refractivity contribution is 5.92. The third kappa shape index (κ3) is 4.56. The maximum absolute atomic E-state index is 12.9. The molecule has 0 bridgehead atoms. The lowest BCUT2D eigenvalue weighted by atomic mass is 10.1. The van der Waals surface area contributed by atoms with Crippen LogP contribution in [0.2, 0.25) is 0 Å².